The van der Waals surface area contributed by atoms with Crippen molar-refractivity contribution >= 4 is 39.3 Å². The molecule has 0 radical (unpaired) electrons. The van der Waals surface area contributed by atoms with Crippen LogP contribution in [0.2, 0.25) is 0 Å². The van der Waals surface area contributed by atoms with Gasteiger partial charge >= 0.3 is 12.2 Å². The van der Waals surface area contributed by atoms with Gasteiger partial charge in [0.25, 0.3) is 0 Å². The zero-order valence-electron chi connectivity index (χ0n) is 19.7. The molecule has 0 spiro atoms. The first-order chi connectivity index (χ1) is 16.1. The minimum atomic E-state index is -3.25. The third-order valence-electron chi connectivity index (χ3n) is 5.93. The van der Waals surface area contributed by atoms with Crippen molar-refractivity contribution in [3.63, 3.8) is 0 Å². The van der Waals surface area contributed by atoms with Crippen LogP contribution in [-0.4, -0.2) is 58.7 Å². The first-order valence-corrected chi connectivity index (χ1v) is 12.8. The van der Waals surface area contributed by atoms with Crippen LogP contribution in [0, 0.1) is 0 Å². The number of sulfonamides is 1. The summed E-state index contributed by atoms with van der Waals surface area (Å²) >= 11 is 0. The Morgan fingerprint density at radius 3 is 2.26 bits per heavy atom. The molecule has 9 nitrogen and oxygen atoms in total. The molecule has 0 bridgehead atoms. The van der Waals surface area contributed by atoms with Gasteiger partial charge in [0.15, 0.2) is 0 Å². The van der Waals surface area contributed by atoms with Crippen molar-refractivity contribution < 1.29 is 27.5 Å². The van der Waals surface area contributed by atoms with E-state index < -0.39 is 22.2 Å². The number of benzene rings is 2. The standard InChI is InChI=1S/C24H29N3O6S/c1-16(2)33-23(28)25-15-17(3)27(24(29)32-4)21-11-8-19(14-22(21)25)18-6-9-20(10-7-18)26-12-5-13-34(26,30)31/h6-11,14,16-17H,5,12-13,15H2,1-4H3. The summed E-state index contributed by atoms with van der Waals surface area (Å²) in [5.74, 6) is 0.164. The summed E-state index contributed by atoms with van der Waals surface area (Å²) in [5.41, 5.74) is 3.39. The van der Waals surface area contributed by atoms with Crippen LogP contribution in [-0.2, 0) is 19.5 Å². The number of rotatable bonds is 3. The fourth-order valence-corrected chi connectivity index (χ4v) is 5.93. The number of hydrogen-bond donors (Lipinski definition) is 0. The molecule has 0 N–H and O–H groups in total. The lowest BCUT2D eigenvalue weighted by atomic mass is 10.0. The predicted octanol–water partition coefficient (Wildman–Crippen LogP) is 4.22. The number of anilines is 3. The van der Waals surface area contributed by atoms with Gasteiger partial charge in [0.2, 0.25) is 10.0 Å². The topological polar surface area (TPSA) is 96.5 Å². The minimum absolute atomic E-state index is 0.164. The fourth-order valence-electron chi connectivity index (χ4n) is 4.37. The Balaban J connectivity index is 1.72. The Morgan fingerprint density at radius 1 is 1.00 bits per heavy atom. The van der Waals surface area contributed by atoms with Gasteiger partial charge in [0.05, 0.1) is 48.6 Å². The first kappa shape index (κ1) is 23.9. The fraction of sp³-hybridized carbons (Fsp3) is 0.417. The lowest BCUT2D eigenvalue weighted by Crippen LogP contribution is -2.52. The maximum Gasteiger partial charge on any atom is 0.414 e. The smallest absolute Gasteiger partial charge is 0.414 e. The van der Waals surface area contributed by atoms with Crippen molar-refractivity contribution in [1.29, 1.82) is 0 Å². The maximum atomic E-state index is 12.9. The molecule has 2 aromatic rings. The molecular weight excluding hydrogens is 458 g/mol. The van der Waals surface area contributed by atoms with Gasteiger partial charge in [-0.25, -0.2) is 18.0 Å². The Morgan fingerprint density at radius 2 is 1.68 bits per heavy atom. The van der Waals surface area contributed by atoms with Gasteiger partial charge in [-0.05, 0) is 62.6 Å². The van der Waals surface area contributed by atoms with Gasteiger partial charge in [-0.2, -0.15) is 0 Å². The lowest BCUT2D eigenvalue weighted by Gasteiger charge is -2.40. The highest BCUT2D eigenvalue weighted by atomic mass is 32.2. The largest absolute Gasteiger partial charge is 0.452 e. The second-order valence-electron chi connectivity index (χ2n) is 8.72. The first-order valence-electron chi connectivity index (χ1n) is 11.2. The van der Waals surface area contributed by atoms with Gasteiger partial charge < -0.3 is 9.47 Å². The molecule has 1 saturated heterocycles. The Kier molecular flexibility index (Phi) is 6.44. The number of ether oxygens (including phenoxy) is 2. The van der Waals surface area contributed by atoms with E-state index >= 15 is 0 Å². The van der Waals surface area contributed by atoms with Crippen LogP contribution in [0.4, 0.5) is 26.7 Å². The summed E-state index contributed by atoms with van der Waals surface area (Å²) in [4.78, 5) is 28.4. The molecular formula is C24H29N3O6S. The summed E-state index contributed by atoms with van der Waals surface area (Å²) in [6.07, 6.45) is -0.664. The zero-order valence-corrected chi connectivity index (χ0v) is 20.5. The highest BCUT2D eigenvalue weighted by Gasteiger charge is 2.36. The van der Waals surface area contributed by atoms with Crippen LogP contribution in [0.5, 0.6) is 0 Å². The lowest BCUT2D eigenvalue weighted by molar-refractivity contribution is 0.121. The molecule has 4 rings (SSSR count). The van der Waals surface area contributed by atoms with E-state index in [0.29, 0.717) is 30.0 Å². The average Bonchev–Trinajstić information content (AvgIpc) is 3.16. The Hall–Kier alpha value is -3.27. The van der Waals surface area contributed by atoms with Crippen LogP contribution in [0.1, 0.15) is 27.2 Å². The summed E-state index contributed by atoms with van der Waals surface area (Å²) in [6.45, 7) is 6.14. The number of amides is 2. The normalized spacial score (nSPS) is 19.2. The number of carbonyl (C=O) groups is 2. The molecule has 1 fully saturated rings. The number of carbonyl (C=O) groups excluding carboxylic acids is 2. The number of methoxy groups -OCH3 is 1. The van der Waals surface area contributed by atoms with Gasteiger partial charge in [-0.1, -0.05) is 18.2 Å². The molecule has 182 valence electrons. The Labute approximate surface area is 199 Å². The SMILES string of the molecule is COC(=O)N1c2ccc(-c3ccc(N4CCCS4(=O)=O)cc3)cc2N(C(=O)OC(C)C)CC1C. The van der Waals surface area contributed by atoms with E-state index in [2.05, 4.69) is 0 Å². The average molecular weight is 488 g/mol. The molecule has 2 aliphatic heterocycles. The summed E-state index contributed by atoms with van der Waals surface area (Å²) in [7, 11) is -1.93. The van der Waals surface area contributed by atoms with E-state index in [1.54, 1.807) is 32.0 Å². The molecule has 1 atom stereocenters. The van der Waals surface area contributed by atoms with E-state index in [4.69, 9.17) is 9.47 Å². The van der Waals surface area contributed by atoms with E-state index in [-0.39, 0.29) is 24.4 Å². The maximum absolute atomic E-state index is 12.9. The molecule has 0 aliphatic carbocycles. The summed E-state index contributed by atoms with van der Waals surface area (Å²) in [6, 6.07) is 12.4. The zero-order chi connectivity index (χ0) is 24.6. The van der Waals surface area contributed by atoms with Crippen molar-refractivity contribution in [3.05, 3.63) is 42.5 Å². The van der Waals surface area contributed by atoms with Crippen LogP contribution in [0.3, 0.4) is 0 Å². The van der Waals surface area contributed by atoms with Gasteiger partial charge in [0.1, 0.15) is 0 Å². The molecule has 2 aromatic carbocycles. The predicted molar refractivity (Wildman–Crippen MR) is 131 cm³/mol. The van der Waals surface area contributed by atoms with Crippen molar-refractivity contribution in [1.82, 2.24) is 0 Å². The van der Waals surface area contributed by atoms with E-state index in [1.807, 2.05) is 31.2 Å². The van der Waals surface area contributed by atoms with Gasteiger partial charge in [-0.15, -0.1) is 0 Å². The number of hydrogen-bond acceptors (Lipinski definition) is 6. The van der Waals surface area contributed by atoms with Crippen LogP contribution >= 0.6 is 0 Å². The van der Waals surface area contributed by atoms with Crippen LogP contribution in [0.15, 0.2) is 42.5 Å². The van der Waals surface area contributed by atoms with Gasteiger partial charge in [-0.3, -0.25) is 14.1 Å². The summed E-state index contributed by atoms with van der Waals surface area (Å²) < 4.78 is 36.3. The molecule has 2 amide bonds. The quantitative estimate of drug-likeness (QED) is 0.643. The van der Waals surface area contributed by atoms with Crippen LogP contribution < -0.4 is 14.1 Å². The molecule has 0 saturated carbocycles. The van der Waals surface area contributed by atoms with E-state index in [1.165, 1.54) is 21.2 Å². The van der Waals surface area contributed by atoms with Crippen molar-refractivity contribution in [2.24, 2.45) is 0 Å². The van der Waals surface area contributed by atoms with Crippen LogP contribution in [0.25, 0.3) is 11.1 Å². The molecule has 2 heterocycles. The second kappa shape index (κ2) is 9.17. The third kappa shape index (κ3) is 4.42. The van der Waals surface area contributed by atoms with Crippen molar-refractivity contribution in [2.75, 3.05) is 40.1 Å². The van der Waals surface area contributed by atoms with E-state index in [9.17, 15) is 18.0 Å². The second-order valence-corrected chi connectivity index (χ2v) is 10.7. The molecule has 34 heavy (non-hydrogen) atoms. The summed E-state index contributed by atoms with van der Waals surface area (Å²) in [5, 5.41) is 0. The monoisotopic (exact) mass is 487 g/mol. The Bertz CT molecular complexity index is 1200. The molecule has 1 unspecified atom stereocenters. The van der Waals surface area contributed by atoms with Crippen molar-refractivity contribution in [2.45, 2.75) is 39.3 Å². The molecule has 2 aliphatic rings. The third-order valence-corrected chi connectivity index (χ3v) is 7.80. The molecule has 0 aromatic heterocycles. The van der Waals surface area contributed by atoms with Gasteiger partial charge in [0, 0.05) is 6.54 Å². The number of nitrogens with zero attached hydrogens (tertiary/aromatic N) is 3. The van der Waals surface area contributed by atoms with Crippen molar-refractivity contribution in [3.8, 4) is 11.1 Å². The van der Waals surface area contributed by atoms with E-state index in [0.717, 1.165) is 11.1 Å². The highest BCUT2D eigenvalue weighted by molar-refractivity contribution is 7.93. The number of fused-ring (bicyclic) bond motifs is 1. The highest BCUT2D eigenvalue weighted by Crippen LogP contribution is 2.40. The molecule has 10 heteroatoms. The minimum Gasteiger partial charge on any atom is -0.452 e.